The molecule has 0 aliphatic heterocycles. The van der Waals surface area contributed by atoms with Crippen LogP contribution in [-0.2, 0) is 6.61 Å². The second kappa shape index (κ2) is 7.83. The zero-order valence-electron chi connectivity index (χ0n) is 14.7. The van der Waals surface area contributed by atoms with Gasteiger partial charge in [0.1, 0.15) is 23.9 Å². The summed E-state index contributed by atoms with van der Waals surface area (Å²) in [5, 5.41) is 0. The molecule has 0 fully saturated rings. The quantitative estimate of drug-likeness (QED) is 0.567. The molecule has 0 unspecified atom stereocenters. The standard InChI is InChI=1S/C22H19FO3/c1-15(24)19-10-8-17(20-13-18(25-2)9-11-21(20)23)12-22(19)26-14-16-6-4-3-5-7-16/h3-13H,14H2,1-2H3. The number of carbonyl (C=O) groups excluding carboxylic acids is 1. The number of hydrogen-bond donors (Lipinski definition) is 0. The summed E-state index contributed by atoms with van der Waals surface area (Å²) in [5.74, 6) is 0.519. The summed E-state index contributed by atoms with van der Waals surface area (Å²) in [5.41, 5.74) is 2.46. The van der Waals surface area contributed by atoms with Crippen molar-refractivity contribution in [3.63, 3.8) is 0 Å². The number of halogens is 1. The number of ketones is 1. The molecule has 3 nitrogen and oxygen atoms in total. The molecule has 0 amide bonds. The maximum absolute atomic E-state index is 14.3. The molecule has 0 heterocycles. The van der Waals surface area contributed by atoms with E-state index in [1.165, 1.54) is 20.1 Å². The average Bonchev–Trinajstić information content (AvgIpc) is 2.67. The third kappa shape index (κ3) is 3.91. The van der Waals surface area contributed by atoms with Gasteiger partial charge in [-0.1, -0.05) is 36.4 Å². The minimum Gasteiger partial charge on any atom is -0.497 e. The first kappa shape index (κ1) is 17.7. The Hall–Kier alpha value is -3.14. The van der Waals surface area contributed by atoms with E-state index in [1.807, 2.05) is 30.3 Å². The van der Waals surface area contributed by atoms with E-state index in [4.69, 9.17) is 9.47 Å². The Kier molecular flexibility index (Phi) is 5.32. The second-order valence-electron chi connectivity index (χ2n) is 5.89. The fourth-order valence-corrected chi connectivity index (χ4v) is 2.69. The van der Waals surface area contributed by atoms with Crippen LogP contribution in [0.4, 0.5) is 4.39 Å². The van der Waals surface area contributed by atoms with Crippen LogP contribution in [0.15, 0.2) is 66.7 Å². The molecule has 0 aliphatic rings. The lowest BCUT2D eigenvalue weighted by Crippen LogP contribution is -2.02. The van der Waals surface area contributed by atoms with E-state index in [0.29, 0.717) is 34.8 Å². The maximum Gasteiger partial charge on any atom is 0.163 e. The second-order valence-corrected chi connectivity index (χ2v) is 5.89. The first-order chi connectivity index (χ1) is 12.6. The highest BCUT2D eigenvalue weighted by Gasteiger charge is 2.13. The van der Waals surface area contributed by atoms with Gasteiger partial charge in [-0.3, -0.25) is 4.79 Å². The summed E-state index contributed by atoms with van der Waals surface area (Å²) in [7, 11) is 1.53. The Morgan fingerprint density at radius 3 is 2.46 bits per heavy atom. The van der Waals surface area contributed by atoms with E-state index >= 15 is 0 Å². The SMILES string of the molecule is COc1ccc(F)c(-c2ccc(C(C)=O)c(OCc3ccccc3)c2)c1. The zero-order chi connectivity index (χ0) is 18.5. The zero-order valence-corrected chi connectivity index (χ0v) is 14.7. The van der Waals surface area contributed by atoms with Gasteiger partial charge in [0.05, 0.1) is 12.7 Å². The lowest BCUT2D eigenvalue weighted by molar-refractivity contribution is 0.101. The number of benzene rings is 3. The summed E-state index contributed by atoms with van der Waals surface area (Å²) in [4.78, 5) is 11.9. The average molecular weight is 350 g/mol. The van der Waals surface area contributed by atoms with E-state index in [0.717, 1.165) is 5.56 Å². The molecule has 0 aromatic heterocycles. The summed E-state index contributed by atoms with van der Waals surface area (Å²) in [6.45, 7) is 1.81. The monoisotopic (exact) mass is 350 g/mol. The molecule has 0 atom stereocenters. The normalized spacial score (nSPS) is 10.4. The molecule has 0 saturated carbocycles. The van der Waals surface area contributed by atoms with Crippen LogP contribution in [0.25, 0.3) is 11.1 Å². The van der Waals surface area contributed by atoms with Crippen molar-refractivity contribution in [2.24, 2.45) is 0 Å². The molecule has 3 rings (SSSR count). The van der Waals surface area contributed by atoms with Crippen molar-refractivity contribution in [3.8, 4) is 22.6 Å². The van der Waals surface area contributed by atoms with Gasteiger partial charge in [0, 0.05) is 5.56 Å². The van der Waals surface area contributed by atoms with Gasteiger partial charge in [0.2, 0.25) is 0 Å². The van der Waals surface area contributed by atoms with Gasteiger partial charge in [-0.2, -0.15) is 0 Å². The summed E-state index contributed by atoms with van der Waals surface area (Å²) < 4.78 is 25.3. The summed E-state index contributed by atoms with van der Waals surface area (Å²) in [6, 6.07) is 19.3. The van der Waals surface area contributed by atoms with Crippen LogP contribution in [0.2, 0.25) is 0 Å². The van der Waals surface area contributed by atoms with Gasteiger partial charge in [-0.25, -0.2) is 4.39 Å². The Labute approximate surface area is 152 Å². The van der Waals surface area contributed by atoms with Gasteiger partial charge < -0.3 is 9.47 Å². The van der Waals surface area contributed by atoms with Crippen molar-refractivity contribution >= 4 is 5.78 Å². The highest BCUT2D eigenvalue weighted by atomic mass is 19.1. The molecule has 26 heavy (non-hydrogen) atoms. The fraction of sp³-hybridized carbons (Fsp3) is 0.136. The summed E-state index contributed by atoms with van der Waals surface area (Å²) in [6.07, 6.45) is 0. The molecule has 0 radical (unpaired) electrons. The molecule has 4 heteroatoms. The van der Waals surface area contributed by atoms with Gasteiger partial charge in [-0.15, -0.1) is 0 Å². The molecular weight excluding hydrogens is 331 g/mol. The molecular formula is C22H19FO3. The van der Waals surface area contributed by atoms with Crippen LogP contribution in [0, 0.1) is 5.82 Å². The molecule has 0 bridgehead atoms. The van der Waals surface area contributed by atoms with Crippen molar-refractivity contribution in [1.82, 2.24) is 0 Å². The van der Waals surface area contributed by atoms with E-state index in [1.54, 1.807) is 30.3 Å². The minimum absolute atomic E-state index is 0.106. The predicted octanol–water partition coefficient (Wildman–Crippen LogP) is 5.28. The fourth-order valence-electron chi connectivity index (χ4n) is 2.69. The van der Waals surface area contributed by atoms with Crippen molar-refractivity contribution in [3.05, 3.63) is 83.7 Å². The number of hydrogen-bond acceptors (Lipinski definition) is 3. The third-order valence-electron chi connectivity index (χ3n) is 4.08. The van der Waals surface area contributed by atoms with Crippen molar-refractivity contribution < 1.29 is 18.7 Å². The Morgan fingerprint density at radius 1 is 1.00 bits per heavy atom. The van der Waals surface area contributed by atoms with Crippen molar-refractivity contribution in [2.75, 3.05) is 7.11 Å². The van der Waals surface area contributed by atoms with E-state index in [2.05, 4.69) is 0 Å². The van der Waals surface area contributed by atoms with Crippen LogP contribution < -0.4 is 9.47 Å². The lowest BCUT2D eigenvalue weighted by atomic mass is 10.0. The van der Waals surface area contributed by atoms with Crippen LogP contribution in [-0.4, -0.2) is 12.9 Å². The van der Waals surface area contributed by atoms with Crippen molar-refractivity contribution in [2.45, 2.75) is 13.5 Å². The lowest BCUT2D eigenvalue weighted by Gasteiger charge is -2.13. The minimum atomic E-state index is -0.365. The van der Waals surface area contributed by atoms with Crippen LogP contribution in [0.5, 0.6) is 11.5 Å². The topological polar surface area (TPSA) is 35.5 Å². The summed E-state index contributed by atoms with van der Waals surface area (Å²) >= 11 is 0. The van der Waals surface area contributed by atoms with Gasteiger partial charge in [-0.05, 0) is 48.4 Å². The van der Waals surface area contributed by atoms with E-state index in [-0.39, 0.29) is 11.6 Å². The number of methoxy groups -OCH3 is 1. The number of rotatable bonds is 6. The van der Waals surface area contributed by atoms with Gasteiger partial charge in [0.25, 0.3) is 0 Å². The molecule has 0 aliphatic carbocycles. The van der Waals surface area contributed by atoms with Crippen LogP contribution in [0.3, 0.4) is 0 Å². The molecule has 0 spiro atoms. The highest BCUT2D eigenvalue weighted by Crippen LogP contribution is 2.32. The highest BCUT2D eigenvalue weighted by molar-refractivity contribution is 5.97. The van der Waals surface area contributed by atoms with Crippen molar-refractivity contribution in [1.29, 1.82) is 0 Å². The molecule has 3 aromatic rings. The molecule has 3 aromatic carbocycles. The first-order valence-corrected chi connectivity index (χ1v) is 8.24. The van der Waals surface area contributed by atoms with Crippen LogP contribution >= 0.6 is 0 Å². The Balaban J connectivity index is 1.97. The first-order valence-electron chi connectivity index (χ1n) is 8.24. The van der Waals surface area contributed by atoms with Gasteiger partial charge in [0.15, 0.2) is 5.78 Å². The molecule has 0 saturated heterocycles. The Morgan fingerprint density at radius 2 is 1.77 bits per heavy atom. The number of carbonyl (C=O) groups is 1. The smallest absolute Gasteiger partial charge is 0.163 e. The number of ether oxygens (including phenoxy) is 2. The molecule has 0 N–H and O–H groups in total. The van der Waals surface area contributed by atoms with E-state index < -0.39 is 0 Å². The largest absolute Gasteiger partial charge is 0.497 e. The number of Topliss-reactive ketones (excluding diaryl/α,β-unsaturated/α-hetero) is 1. The third-order valence-corrected chi connectivity index (χ3v) is 4.08. The predicted molar refractivity (Wildman–Crippen MR) is 99.2 cm³/mol. The van der Waals surface area contributed by atoms with Gasteiger partial charge >= 0.3 is 0 Å². The Bertz CT molecular complexity index is 920. The van der Waals surface area contributed by atoms with Crippen LogP contribution in [0.1, 0.15) is 22.8 Å². The molecule has 132 valence electrons. The maximum atomic E-state index is 14.3. The van der Waals surface area contributed by atoms with E-state index in [9.17, 15) is 9.18 Å².